The highest BCUT2D eigenvalue weighted by atomic mass is 35.5. The van der Waals surface area contributed by atoms with E-state index in [-0.39, 0.29) is 11.9 Å². The van der Waals surface area contributed by atoms with Gasteiger partial charge in [-0.3, -0.25) is 0 Å². The van der Waals surface area contributed by atoms with Crippen LogP contribution in [0.25, 0.3) is 0 Å². The lowest BCUT2D eigenvalue weighted by molar-refractivity contribution is 0.505. The average Bonchev–Trinajstić information content (AvgIpc) is 2.79. The Kier molecular flexibility index (Phi) is 5.52. The second kappa shape index (κ2) is 7.16. The van der Waals surface area contributed by atoms with Crippen molar-refractivity contribution < 1.29 is 4.39 Å². The van der Waals surface area contributed by atoms with Gasteiger partial charge in [-0.15, -0.1) is 11.3 Å². The van der Waals surface area contributed by atoms with Gasteiger partial charge in [0.2, 0.25) is 0 Å². The Morgan fingerprint density at radius 2 is 2.20 bits per heavy atom. The molecule has 2 rings (SSSR count). The van der Waals surface area contributed by atoms with Crippen LogP contribution in [0.1, 0.15) is 23.2 Å². The Bertz CT molecular complexity index is 571. The van der Waals surface area contributed by atoms with Gasteiger partial charge in [0.25, 0.3) is 0 Å². The van der Waals surface area contributed by atoms with Crippen molar-refractivity contribution in [3.05, 3.63) is 50.7 Å². The van der Waals surface area contributed by atoms with Gasteiger partial charge in [0.05, 0.1) is 5.01 Å². The van der Waals surface area contributed by atoms with Crippen LogP contribution in [0.2, 0.25) is 5.02 Å². The number of aryl methyl sites for hydroxylation is 1. The summed E-state index contributed by atoms with van der Waals surface area (Å²) in [6, 6.07) is 4.87. The summed E-state index contributed by atoms with van der Waals surface area (Å²) in [7, 11) is 0. The largest absolute Gasteiger partial charge is 0.314 e. The third-order valence-corrected chi connectivity index (χ3v) is 4.28. The Labute approximate surface area is 128 Å². The van der Waals surface area contributed by atoms with Crippen LogP contribution in [0, 0.1) is 12.7 Å². The number of aromatic nitrogens is 1. The number of hydrogen-bond acceptors (Lipinski definition) is 3. The highest BCUT2D eigenvalue weighted by Crippen LogP contribution is 2.18. The molecule has 20 heavy (non-hydrogen) atoms. The van der Waals surface area contributed by atoms with Crippen molar-refractivity contribution in [1.82, 2.24) is 10.3 Å². The molecule has 0 amide bonds. The quantitative estimate of drug-likeness (QED) is 0.872. The van der Waals surface area contributed by atoms with Gasteiger partial charge < -0.3 is 5.32 Å². The molecule has 0 saturated heterocycles. The summed E-state index contributed by atoms with van der Waals surface area (Å²) in [6.45, 7) is 4.88. The molecule has 1 aromatic carbocycles. The minimum atomic E-state index is -0.201. The second-order valence-electron chi connectivity index (χ2n) is 4.78. The first-order chi connectivity index (χ1) is 9.58. The van der Waals surface area contributed by atoms with E-state index in [0.29, 0.717) is 17.0 Å². The predicted molar refractivity (Wildman–Crippen MR) is 83.1 cm³/mol. The third kappa shape index (κ3) is 4.27. The van der Waals surface area contributed by atoms with E-state index in [9.17, 15) is 4.39 Å². The highest BCUT2D eigenvalue weighted by Gasteiger charge is 2.14. The minimum absolute atomic E-state index is 0.165. The lowest BCUT2D eigenvalue weighted by atomic mass is 10.0. The van der Waals surface area contributed by atoms with Crippen molar-refractivity contribution in [1.29, 1.82) is 0 Å². The Balaban J connectivity index is 2.10. The minimum Gasteiger partial charge on any atom is -0.314 e. The molecule has 0 radical (unpaired) electrons. The fourth-order valence-corrected chi connectivity index (χ4v) is 3.23. The highest BCUT2D eigenvalue weighted by molar-refractivity contribution is 7.09. The van der Waals surface area contributed by atoms with Crippen LogP contribution in [-0.2, 0) is 12.8 Å². The van der Waals surface area contributed by atoms with Gasteiger partial charge in [-0.25, -0.2) is 9.37 Å². The summed E-state index contributed by atoms with van der Waals surface area (Å²) in [4.78, 5) is 4.47. The molecule has 1 heterocycles. The van der Waals surface area contributed by atoms with Crippen molar-refractivity contribution in [2.45, 2.75) is 32.7 Å². The van der Waals surface area contributed by atoms with Crippen molar-refractivity contribution in [3.8, 4) is 0 Å². The van der Waals surface area contributed by atoms with E-state index >= 15 is 0 Å². The molecular weight excluding hydrogens is 295 g/mol. The van der Waals surface area contributed by atoms with Gasteiger partial charge in [0.15, 0.2) is 0 Å². The molecule has 1 unspecified atom stereocenters. The number of rotatable bonds is 6. The van der Waals surface area contributed by atoms with Crippen LogP contribution in [0.15, 0.2) is 23.6 Å². The number of benzene rings is 1. The fraction of sp³-hybridized carbons (Fsp3) is 0.400. The summed E-state index contributed by atoms with van der Waals surface area (Å²) >= 11 is 7.59. The second-order valence-corrected chi connectivity index (χ2v) is 6.16. The number of thiazole rings is 1. The Hall–Kier alpha value is -0.970. The van der Waals surface area contributed by atoms with E-state index in [1.165, 1.54) is 6.07 Å². The van der Waals surface area contributed by atoms with E-state index in [4.69, 9.17) is 11.6 Å². The SMILES string of the molecule is CCNC(Cc1nc(C)cs1)Cc1cc(Cl)ccc1F. The number of nitrogens with zero attached hydrogens (tertiary/aromatic N) is 1. The average molecular weight is 313 g/mol. The molecule has 1 atom stereocenters. The Morgan fingerprint density at radius 1 is 1.40 bits per heavy atom. The number of nitrogens with one attached hydrogen (secondary N) is 1. The zero-order chi connectivity index (χ0) is 14.5. The van der Waals surface area contributed by atoms with Gasteiger partial charge in [0, 0.05) is 28.6 Å². The smallest absolute Gasteiger partial charge is 0.126 e. The van der Waals surface area contributed by atoms with E-state index < -0.39 is 0 Å². The lowest BCUT2D eigenvalue weighted by Crippen LogP contribution is -2.33. The van der Waals surface area contributed by atoms with Gasteiger partial charge in [-0.1, -0.05) is 18.5 Å². The summed E-state index contributed by atoms with van der Waals surface area (Å²) in [5.41, 5.74) is 1.69. The fourth-order valence-electron chi connectivity index (χ4n) is 2.18. The molecule has 0 spiro atoms. The molecule has 0 bridgehead atoms. The molecule has 108 valence electrons. The van der Waals surface area contributed by atoms with Gasteiger partial charge in [-0.05, 0) is 43.7 Å². The molecule has 2 nitrogen and oxygen atoms in total. The van der Waals surface area contributed by atoms with Crippen LogP contribution in [0.5, 0.6) is 0 Å². The third-order valence-electron chi connectivity index (χ3n) is 3.05. The molecule has 2 aromatic rings. The van der Waals surface area contributed by atoms with Crippen molar-refractivity contribution in [2.24, 2.45) is 0 Å². The van der Waals surface area contributed by atoms with Gasteiger partial charge in [0.1, 0.15) is 5.82 Å². The summed E-state index contributed by atoms with van der Waals surface area (Å²) < 4.78 is 13.8. The maximum atomic E-state index is 13.8. The molecule has 1 aromatic heterocycles. The van der Waals surface area contributed by atoms with E-state index in [1.54, 1.807) is 23.5 Å². The van der Waals surface area contributed by atoms with Gasteiger partial charge in [-0.2, -0.15) is 0 Å². The molecule has 0 aliphatic carbocycles. The lowest BCUT2D eigenvalue weighted by Gasteiger charge is -2.17. The van der Waals surface area contributed by atoms with Crippen LogP contribution in [0.3, 0.4) is 0 Å². The molecule has 0 saturated carbocycles. The maximum absolute atomic E-state index is 13.8. The summed E-state index contributed by atoms with van der Waals surface area (Å²) in [5.74, 6) is -0.201. The molecule has 0 aliphatic heterocycles. The topological polar surface area (TPSA) is 24.9 Å². The van der Waals surface area contributed by atoms with Crippen LogP contribution >= 0.6 is 22.9 Å². The summed E-state index contributed by atoms with van der Waals surface area (Å²) in [5, 5.41) is 7.08. The zero-order valence-electron chi connectivity index (χ0n) is 11.6. The predicted octanol–water partition coefficient (Wildman–Crippen LogP) is 4.01. The zero-order valence-corrected chi connectivity index (χ0v) is 13.2. The van der Waals surface area contributed by atoms with E-state index in [1.807, 2.05) is 12.3 Å². The van der Waals surface area contributed by atoms with Crippen LogP contribution in [0.4, 0.5) is 4.39 Å². The first-order valence-corrected chi connectivity index (χ1v) is 7.92. The summed E-state index contributed by atoms with van der Waals surface area (Å²) in [6.07, 6.45) is 1.41. The molecule has 5 heteroatoms. The number of halogens is 2. The van der Waals surface area contributed by atoms with Crippen molar-refractivity contribution in [2.75, 3.05) is 6.54 Å². The van der Waals surface area contributed by atoms with Crippen molar-refractivity contribution >= 4 is 22.9 Å². The molecule has 0 aliphatic rings. The van der Waals surface area contributed by atoms with Crippen molar-refractivity contribution in [3.63, 3.8) is 0 Å². The van der Waals surface area contributed by atoms with E-state index in [2.05, 4.69) is 17.2 Å². The molecular formula is C15H18ClFN2S. The first-order valence-electron chi connectivity index (χ1n) is 6.66. The maximum Gasteiger partial charge on any atom is 0.126 e. The standard InChI is InChI=1S/C15H18ClFN2S/c1-3-18-13(8-15-19-10(2)9-20-15)7-11-6-12(16)4-5-14(11)17/h4-6,9,13,18H,3,7-8H2,1-2H3. The van der Waals surface area contributed by atoms with Crippen LogP contribution in [-0.4, -0.2) is 17.6 Å². The molecule has 1 N–H and O–H groups in total. The van der Waals surface area contributed by atoms with Gasteiger partial charge >= 0.3 is 0 Å². The van der Waals surface area contributed by atoms with E-state index in [0.717, 1.165) is 23.7 Å². The first kappa shape index (κ1) is 15.4. The van der Waals surface area contributed by atoms with Crippen LogP contribution < -0.4 is 5.32 Å². The normalized spacial score (nSPS) is 12.6. The number of hydrogen-bond donors (Lipinski definition) is 1. The Morgan fingerprint density at radius 3 is 2.85 bits per heavy atom. The monoisotopic (exact) mass is 312 g/mol. The number of likely N-dealkylation sites (N-methyl/N-ethyl adjacent to an activating group) is 1. The molecule has 0 fully saturated rings.